The number of carbonyl (C=O) groups excluding carboxylic acids is 1. The fourth-order valence-corrected chi connectivity index (χ4v) is 4.39. The second kappa shape index (κ2) is 9.38. The summed E-state index contributed by atoms with van der Waals surface area (Å²) in [6.45, 7) is 3.88. The number of para-hydroxylation sites is 2. The zero-order valence-corrected chi connectivity index (χ0v) is 19.2. The highest BCUT2D eigenvalue weighted by Crippen LogP contribution is 2.30. The molecule has 9 heteroatoms. The second-order valence-electron chi connectivity index (χ2n) is 8.07. The first kappa shape index (κ1) is 21.7. The van der Waals surface area contributed by atoms with Crippen molar-refractivity contribution in [1.82, 2.24) is 19.7 Å². The molecule has 0 spiro atoms. The van der Waals surface area contributed by atoms with Gasteiger partial charge in [-0.25, -0.2) is 19.4 Å². The normalized spacial score (nSPS) is 13.8. The smallest absolute Gasteiger partial charge is 0.337 e. The van der Waals surface area contributed by atoms with Gasteiger partial charge in [-0.05, 0) is 29.8 Å². The van der Waals surface area contributed by atoms with Crippen LogP contribution >= 0.6 is 0 Å². The first-order valence-electron chi connectivity index (χ1n) is 11.1. The van der Waals surface area contributed by atoms with Gasteiger partial charge in [-0.15, -0.1) is 0 Å². The van der Waals surface area contributed by atoms with Crippen LogP contribution in [0.15, 0.2) is 61.1 Å². The third-order valence-corrected chi connectivity index (χ3v) is 6.10. The number of carbonyl (C=O) groups is 1. The Labute approximate surface area is 197 Å². The fraction of sp³-hybridized carbons (Fsp3) is 0.280. The number of methoxy groups -OCH3 is 2. The standard InChI is InChI=1S/C25H26N6O3/c1-33-22-9-4-3-8-21(22)29-10-12-30(13-11-29)23-20-15-28-31(24(20)27-17-26-23)16-18-6-5-7-19(14-18)25(32)34-2/h3-9,14-15,17H,10-13,16H2,1-2H3. The van der Waals surface area contributed by atoms with Crippen molar-refractivity contribution in [3.8, 4) is 5.75 Å². The highest BCUT2D eigenvalue weighted by atomic mass is 16.5. The number of hydrogen-bond donors (Lipinski definition) is 0. The minimum atomic E-state index is -0.357. The number of esters is 1. The van der Waals surface area contributed by atoms with Crippen LogP contribution in [0.1, 0.15) is 15.9 Å². The topological polar surface area (TPSA) is 85.6 Å². The average molecular weight is 459 g/mol. The predicted octanol–water partition coefficient (Wildman–Crippen LogP) is 3.00. The summed E-state index contributed by atoms with van der Waals surface area (Å²) in [6, 6.07) is 15.5. The lowest BCUT2D eigenvalue weighted by molar-refractivity contribution is 0.0600. The highest BCUT2D eigenvalue weighted by molar-refractivity contribution is 5.89. The molecule has 2 aromatic heterocycles. The number of fused-ring (bicyclic) bond motifs is 1. The third kappa shape index (κ3) is 4.12. The first-order chi connectivity index (χ1) is 16.7. The van der Waals surface area contributed by atoms with Gasteiger partial charge in [0.15, 0.2) is 5.65 Å². The van der Waals surface area contributed by atoms with Gasteiger partial charge in [-0.2, -0.15) is 5.10 Å². The summed E-state index contributed by atoms with van der Waals surface area (Å²) in [5, 5.41) is 5.48. The van der Waals surface area contributed by atoms with E-state index < -0.39 is 0 Å². The molecule has 1 fully saturated rings. The fourth-order valence-electron chi connectivity index (χ4n) is 4.39. The highest BCUT2D eigenvalue weighted by Gasteiger charge is 2.23. The Morgan fingerprint density at radius 3 is 2.56 bits per heavy atom. The summed E-state index contributed by atoms with van der Waals surface area (Å²) in [7, 11) is 3.08. The molecule has 0 aliphatic carbocycles. The molecule has 1 aliphatic heterocycles. The molecule has 174 valence electrons. The van der Waals surface area contributed by atoms with Crippen molar-refractivity contribution in [3.05, 3.63) is 72.2 Å². The predicted molar refractivity (Wildman–Crippen MR) is 130 cm³/mol. The largest absolute Gasteiger partial charge is 0.495 e. The lowest BCUT2D eigenvalue weighted by atomic mass is 10.1. The van der Waals surface area contributed by atoms with Gasteiger partial charge in [0.1, 0.15) is 17.9 Å². The van der Waals surface area contributed by atoms with Crippen molar-refractivity contribution < 1.29 is 14.3 Å². The summed E-state index contributed by atoms with van der Waals surface area (Å²) in [5.41, 5.74) is 3.33. The van der Waals surface area contributed by atoms with E-state index in [1.54, 1.807) is 19.5 Å². The Bertz CT molecular complexity index is 1310. The molecule has 0 unspecified atom stereocenters. The monoisotopic (exact) mass is 458 g/mol. The van der Waals surface area contributed by atoms with E-state index in [-0.39, 0.29) is 5.97 Å². The van der Waals surface area contributed by atoms with Crippen molar-refractivity contribution in [2.24, 2.45) is 0 Å². The molecule has 4 aromatic rings. The molecule has 2 aromatic carbocycles. The van der Waals surface area contributed by atoms with Gasteiger partial charge in [-0.3, -0.25) is 0 Å². The van der Waals surface area contributed by atoms with E-state index in [9.17, 15) is 4.79 Å². The Kier molecular flexibility index (Phi) is 5.99. The summed E-state index contributed by atoms with van der Waals surface area (Å²) in [4.78, 5) is 25.6. The van der Waals surface area contributed by atoms with E-state index in [2.05, 4.69) is 30.9 Å². The van der Waals surface area contributed by atoms with Crippen LogP contribution < -0.4 is 14.5 Å². The molecule has 9 nitrogen and oxygen atoms in total. The lowest BCUT2D eigenvalue weighted by Gasteiger charge is -2.37. The molecule has 5 rings (SSSR count). The molecule has 0 N–H and O–H groups in total. The van der Waals surface area contributed by atoms with E-state index >= 15 is 0 Å². The Morgan fingerprint density at radius 2 is 1.76 bits per heavy atom. The van der Waals surface area contributed by atoms with Crippen molar-refractivity contribution in [3.63, 3.8) is 0 Å². The molecule has 0 radical (unpaired) electrons. The number of nitrogens with zero attached hydrogens (tertiary/aromatic N) is 6. The molecular weight excluding hydrogens is 432 g/mol. The van der Waals surface area contributed by atoms with Crippen LogP contribution in [0.3, 0.4) is 0 Å². The van der Waals surface area contributed by atoms with Crippen LogP contribution in [0.2, 0.25) is 0 Å². The summed E-state index contributed by atoms with van der Waals surface area (Å²) in [6.07, 6.45) is 3.41. The van der Waals surface area contributed by atoms with Crippen LogP contribution in [-0.2, 0) is 11.3 Å². The van der Waals surface area contributed by atoms with Crippen LogP contribution in [0.25, 0.3) is 11.0 Å². The minimum absolute atomic E-state index is 0.357. The van der Waals surface area contributed by atoms with Crippen LogP contribution in [0, 0.1) is 0 Å². The maximum Gasteiger partial charge on any atom is 0.337 e. The van der Waals surface area contributed by atoms with Gasteiger partial charge in [-0.1, -0.05) is 24.3 Å². The van der Waals surface area contributed by atoms with Crippen LogP contribution in [0.4, 0.5) is 11.5 Å². The number of rotatable bonds is 6. The van der Waals surface area contributed by atoms with Crippen molar-refractivity contribution >= 4 is 28.5 Å². The van der Waals surface area contributed by atoms with Gasteiger partial charge in [0.25, 0.3) is 0 Å². The van der Waals surface area contributed by atoms with Crippen LogP contribution in [0.5, 0.6) is 5.75 Å². The SMILES string of the molecule is COC(=O)c1cccc(Cn2ncc3c(N4CCN(c5ccccc5OC)CC4)ncnc32)c1. The molecule has 0 atom stereocenters. The van der Waals surface area contributed by atoms with Gasteiger partial charge in [0.2, 0.25) is 0 Å². The summed E-state index contributed by atoms with van der Waals surface area (Å²) >= 11 is 0. The van der Waals surface area contributed by atoms with Crippen molar-refractivity contribution in [2.75, 3.05) is 50.2 Å². The number of hydrogen-bond acceptors (Lipinski definition) is 8. The molecule has 0 saturated carbocycles. The van der Waals surface area contributed by atoms with Gasteiger partial charge >= 0.3 is 5.97 Å². The number of ether oxygens (including phenoxy) is 2. The second-order valence-corrected chi connectivity index (χ2v) is 8.07. The van der Waals surface area contributed by atoms with Gasteiger partial charge in [0, 0.05) is 26.2 Å². The molecule has 0 amide bonds. The zero-order valence-electron chi connectivity index (χ0n) is 19.2. The maximum absolute atomic E-state index is 11.9. The molecule has 3 heterocycles. The Hall–Kier alpha value is -4.14. The summed E-state index contributed by atoms with van der Waals surface area (Å²) in [5.74, 6) is 1.42. The molecule has 1 saturated heterocycles. The summed E-state index contributed by atoms with van der Waals surface area (Å²) < 4.78 is 12.2. The van der Waals surface area contributed by atoms with E-state index in [0.29, 0.717) is 12.1 Å². The zero-order chi connectivity index (χ0) is 23.5. The average Bonchev–Trinajstić information content (AvgIpc) is 3.31. The maximum atomic E-state index is 11.9. The molecule has 34 heavy (non-hydrogen) atoms. The minimum Gasteiger partial charge on any atom is -0.495 e. The molecule has 0 bridgehead atoms. The Balaban J connectivity index is 1.35. The van der Waals surface area contributed by atoms with Crippen molar-refractivity contribution in [2.45, 2.75) is 6.54 Å². The van der Waals surface area contributed by atoms with E-state index in [1.807, 2.05) is 47.3 Å². The van der Waals surface area contributed by atoms with Gasteiger partial charge < -0.3 is 19.3 Å². The number of aromatic nitrogens is 4. The van der Waals surface area contributed by atoms with E-state index in [1.165, 1.54) is 7.11 Å². The molecular formula is C25H26N6O3. The number of benzene rings is 2. The lowest BCUT2D eigenvalue weighted by Crippen LogP contribution is -2.47. The number of anilines is 2. The molecule has 1 aliphatic rings. The quantitative estimate of drug-likeness (QED) is 0.408. The van der Waals surface area contributed by atoms with E-state index in [4.69, 9.17) is 9.47 Å². The van der Waals surface area contributed by atoms with E-state index in [0.717, 1.165) is 60.0 Å². The first-order valence-corrected chi connectivity index (χ1v) is 11.1. The third-order valence-electron chi connectivity index (χ3n) is 6.10. The van der Waals surface area contributed by atoms with Crippen LogP contribution in [-0.4, -0.2) is 66.1 Å². The Morgan fingerprint density at radius 1 is 0.971 bits per heavy atom. The number of piperazine rings is 1. The van der Waals surface area contributed by atoms with Crippen molar-refractivity contribution in [1.29, 1.82) is 0 Å². The van der Waals surface area contributed by atoms with Gasteiger partial charge in [0.05, 0.1) is 43.6 Å².